The Kier molecular flexibility index (Phi) is 8.91. The molecule has 1 atom stereocenters. The summed E-state index contributed by atoms with van der Waals surface area (Å²) in [6.45, 7) is 4.39. The number of hydrogen-bond donors (Lipinski definition) is 4. The van der Waals surface area contributed by atoms with Crippen LogP contribution in [0.2, 0.25) is 0 Å². The first-order chi connectivity index (χ1) is 14.0. The van der Waals surface area contributed by atoms with Crippen molar-refractivity contribution < 1.29 is 14.4 Å². The van der Waals surface area contributed by atoms with Gasteiger partial charge in [0.1, 0.15) is 6.04 Å². The molecule has 1 aromatic heterocycles. The van der Waals surface area contributed by atoms with E-state index in [4.69, 9.17) is 5.73 Å². The SMILES string of the molecule is C=CCNC(=O)[C@H](CCCCNC(=O)c1ccc(N)cc1)NC(=O)c1cccs1. The molecule has 0 bridgehead atoms. The first-order valence-electron chi connectivity index (χ1n) is 9.38. The number of amides is 3. The Labute approximate surface area is 174 Å². The second-order valence-corrected chi connectivity index (χ2v) is 7.36. The molecule has 0 aliphatic heterocycles. The van der Waals surface area contributed by atoms with Gasteiger partial charge >= 0.3 is 0 Å². The standard InChI is InChI=1S/C21H26N4O3S/c1-2-12-23-20(27)17(25-21(28)18-7-5-14-29-18)6-3-4-13-24-19(26)15-8-10-16(22)11-9-15/h2,5,7-11,14,17H,1,3-4,6,12-13,22H2,(H,23,27)(H,24,26)(H,25,28)/t17-/m0/s1. The van der Waals surface area contributed by atoms with E-state index in [2.05, 4.69) is 22.5 Å². The lowest BCUT2D eigenvalue weighted by Gasteiger charge is -2.18. The van der Waals surface area contributed by atoms with Crippen LogP contribution in [0.25, 0.3) is 0 Å². The minimum absolute atomic E-state index is 0.170. The van der Waals surface area contributed by atoms with Gasteiger partial charge in [-0.1, -0.05) is 12.1 Å². The Morgan fingerprint density at radius 2 is 1.83 bits per heavy atom. The predicted molar refractivity (Wildman–Crippen MR) is 116 cm³/mol. The Bertz CT molecular complexity index is 819. The molecule has 1 aromatic carbocycles. The number of anilines is 1. The maximum Gasteiger partial charge on any atom is 0.261 e. The summed E-state index contributed by atoms with van der Waals surface area (Å²) in [6.07, 6.45) is 3.40. The molecular weight excluding hydrogens is 388 g/mol. The van der Waals surface area contributed by atoms with Crippen molar-refractivity contribution in [2.45, 2.75) is 25.3 Å². The summed E-state index contributed by atoms with van der Waals surface area (Å²) in [5.74, 6) is -0.688. The van der Waals surface area contributed by atoms with Crippen molar-refractivity contribution in [2.75, 3.05) is 18.8 Å². The number of carbonyl (C=O) groups excluding carboxylic acids is 3. The predicted octanol–water partition coefficient (Wildman–Crippen LogP) is 2.33. The summed E-state index contributed by atoms with van der Waals surface area (Å²) in [6, 6.07) is 9.56. The minimum atomic E-state index is -0.641. The van der Waals surface area contributed by atoms with Gasteiger partial charge in [-0.15, -0.1) is 17.9 Å². The molecule has 0 aliphatic rings. The maximum absolute atomic E-state index is 12.3. The molecule has 7 nitrogen and oxygen atoms in total. The molecule has 1 heterocycles. The Hall–Kier alpha value is -3.13. The third kappa shape index (κ3) is 7.42. The number of unbranched alkanes of at least 4 members (excludes halogenated alkanes) is 1. The number of carbonyl (C=O) groups is 3. The van der Waals surface area contributed by atoms with E-state index in [-0.39, 0.29) is 17.7 Å². The lowest BCUT2D eigenvalue weighted by atomic mass is 10.1. The van der Waals surface area contributed by atoms with Crippen LogP contribution in [0.15, 0.2) is 54.4 Å². The molecule has 0 spiro atoms. The van der Waals surface area contributed by atoms with Crippen LogP contribution < -0.4 is 21.7 Å². The largest absolute Gasteiger partial charge is 0.399 e. The highest BCUT2D eigenvalue weighted by Crippen LogP contribution is 2.10. The Morgan fingerprint density at radius 1 is 1.07 bits per heavy atom. The van der Waals surface area contributed by atoms with Crippen molar-refractivity contribution in [3.8, 4) is 0 Å². The fourth-order valence-electron chi connectivity index (χ4n) is 2.61. The first-order valence-corrected chi connectivity index (χ1v) is 10.3. The maximum atomic E-state index is 12.3. The molecule has 2 aromatic rings. The first kappa shape index (κ1) is 22.2. The van der Waals surface area contributed by atoms with E-state index in [1.807, 2.05) is 5.38 Å². The van der Waals surface area contributed by atoms with Gasteiger partial charge in [0.2, 0.25) is 5.91 Å². The van der Waals surface area contributed by atoms with Crippen LogP contribution in [0.1, 0.15) is 39.3 Å². The smallest absolute Gasteiger partial charge is 0.261 e. The second kappa shape index (κ2) is 11.7. The van der Waals surface area contributed by atoms with Gasteiger partial charge in [0, 0.05) is 24.3 Å². The van der Waals surface area contributed by atoms with Gasteiger partial charge in [0.25, 0.3) is 11.8 Å². The van der Waals surface area contributed by atoms with Gasteiger partial charge in [-0.05, 0) is 55.0 Å². The number of benzene rings is 1. The molecule has 0 radical (unpaired) electrons. The van der Waals surface area contributed by atoms with Crippen molar-refractivity contribution in [1.82, 2.24) is 16.0 Å². The lowest BCUT2D eigenvalue weighted by Crippen LogP contribution is -2.46. The van der Waals surface area contributed by atoms with E-state index in [0.717, 1.165) is 0 Å². The molecule has 3 amide bonds. The molecule has 0 aliphatic carbocycles. The van der Waals surface area contributed by atoms with Crippen molar-refractivity contribution >= 4 is 34.7 Å². The van der Waals surface area contributed by atoms with Crippen molar-refractivity contribution in [1.29, 1.82) is 0 Å². The number of nitrogens with two attached hydrogens (primary N) is 1. The molecule has 0 unspecified atom stereocenters. The summed E-state index contributed by atoms with van der Waals surface area (Å²) in [7, 11) is 0. The summed E-state index contributed by atoms with van der Waals surface area (Å²) in [4.78, 5) is 37.3. The molecule has 2 rings (SSSR count). The third-order valence-electron chi connectivity index (χ3n) is 4.17. The summed E-state index contributed by atoms with van der Waals surface area (Å²) < 4.78 is 0. The van der Waals surface area contributed by atoms with Crippen LogP contribution >= 0.6 is 11.3 Å². The zero-order valence-electron chi connectivity index (χ0n) is 16.1. The average Bonchev–Trinajstić information content (AvgIpc) is 3.26. The van der Waals surface area contributed by atoms with Crippen molar-refractivity contribution in [3.63, 3.8) is 0 Å². The third-order valence-corrected chi connectivity index (χ3v) is 5.03. The molecule has 0 saturated heterocycles. The van der Waals surface area contributed by atoms with Gasteiger partial charge in [-0.3, -0.25) is 14.4 Å². The molecule has 154 valence electrons. The van der Waals surface area contributed by atoms with E-state index in [1.54, 1.807) is 42.5 Å². The second-order valence-electron chi connectivity index (χ2n) is 6.41. The van der Waals surface area contributed by atoms with Crippen LogP contribution in [0.5, 0.6) is 0 Å². The number of nitrogen functional groups attached to an aromatic ring is 1. The molecule has 8 heteroatoms. The highest BCUT2D eigenvalue weighted by molar-refractivity contribution is 7.12. The van der Waals surface area contributed by atoms with E-state index in [9.17, 15) is 14.4 Å². The molecular formula is C21H26N4O3S. The van der Waals surface area contributed by atoms with E-state index >= 15 is 0 Å². The topological polar surface area (TPSA) is 113 Å². The zero-order valence-corrected chi connectivity index (χ0v) is 17.0. The van der Waals surface area contributed by atoms with Crippen LogP contribution in [0.3, 0.4) is 0 Å². The molecule has 5 N–H and O–H groups in total. The quantitative estimate of drug-likeness (QED) is 0.257. The number of nitrogens with one attached hydrogen (secondary N) is 3. The zero-order chi connectivity index (χ0) is 21.1. The highest BCUT2D eigenvalue weighted by Gasteiger charge is 2.21. The Morgan fingerprint density at radius 3 is 2.48 bits per heavy atom. The average molecular weight is 415 g/mol. The van der Waals surface area contributed by atoms with Crippen LogP contribution in [-0.2, 0) is 4.79 Å². The summed E-state index contributed by atoms with van der Waals surface area (Å²) >= 11 is 1.32. The molecule has 0 saturated carbocycles. The van der Waals surface area contributed by atoms with Gasteiger partial charge in [0.05, 0.1) is 4.88 Å². The fraction of sp³-hybridized carbons (Fsp3) is 0.286. The van der Waals surface area contributed by atoms with Gasteiger partial charge in [-0.25, -0.2) is 0 Å². The van der Waals surface area contributed by atoms with Crippen LogP contribution in [0, 0.1) is 0 Å². The summed E-state index contributed by atoms with van der Waals surface area (Å²) in [5, 5.41) is 10.2. The summed E-state index contributed by atoms with van der Waals surface area (Å²) in [5.41, 5.74) is 6.76. The van der Waals surface area contributed by atoms with Crippen molar-refractivity contribution in [2.24, 2.45) is 0 Å². The highest BCUT2D eigenvalue weighted by atomic mass is 32.1. The van der Waals surface area contributed by atoms with E-state index in [0.29, 0.717) is 48.5 Å². The number of thiophene rings is 1. The minimum Gasteiger partial charge on any atom is -0.399 e. The van der Waals surface area contributed by atoms with Gasteiger partial charge < -0.3 is 21.7 Å². The molecule has 29 heavy (non-hydrogen) atoms. The normalized spacial score (nSPS) is 11.3. The number of hydrogen-bond acceptors (Lipinski definition) is 5. The Balaban J connectivity index is 1.79. The lowest BCUT2D eigenvalue weighted by molar-refractivity contribution is -0.122. The van der Waals surface area contributed by atoms with E-state index in [1.165, 1.54) is 11.3 Å². The van der Waals surface area contributed by atoms with Gasteiger partial charge in [0.15, 0.2) is 0 Å². The number of rotatable bonds is 11. The fourth-order valence-corrected chi connectivity index (χ4v) is 3.24. The van der Waals surface area contributed by atoms with E-state index < -0.39 is 6.04 Å². The van der Waals surface area contributed by atoms with Crippen LogP contribution in [-0.4, -0.2) is 36.9 Å². The van der Waals surface area contributed by atoms with Crippen molar-refractivity contribution in [3.05, 3.63) is 64.9 Å². The monoisotopic (exact) mass is 414 g/mol. The van der Waals surface area contributed by atoms with Gasteiger partial charge in [-0.2, -0.15) is 0 Å². The van der Waals surface area contributed by atoms with Crippen LogP contribution in [0.4, 0.5) is 5.69 Å². The molecule has 0 fully saturated rings.